The molecule has 0 N–H and O–H groups in total. The molecule has 1 aromatic rings. The van der Waals surface area contributed by atoms with Crippen LogP contribution in [0.25, 0.3) is 0 Å². The van der Waals surface area contributed by atoms with Crippen LogP contribution in [-0.4, -0.2) is 23.9 Å². The first-order valence-electron chi connectivity index (χ1n) is 4.28. The van der Waals surface area contributed by atoms with Crippen LogP contribution in [0.5, 0.6) is 0 Å². The van der Waals surface area contributed by atoms with Gasteiger partial charge in [-0.05, 0) is 5.16 Å². The molecule has 0 aliphatic carbocycles. The van der Waals surface area contributed by atoms with E-state index < -0.39 is 11.6 Å². The van der Waals surface area contributed by atoms with E-state index in [0.717, 1.165) is 0 Å². The summed E-state index contributed by atoms with van der Waals surface area (Å²) in [5, 5.41) is 3.28. The molecule has 1 aromatic carbocycles. The highest BCUT2D eigenvalue weighted by atomic mass is 17.3. The maximum absolute atomic E-state index is 11.7. The van der Waals surface area contributed by atoms with Gasteiger partial charge in [-0.25, -0.2) is 4.99 Å². The van der Waals surface area contributed by atoms with Crippen molar-refractivity contribution < 1.29 is 19.5 Å². The summed E-state index contributed by atoms with van der Waals surface area (Å²) in [7, 11) is 0. The summed E-state index contributed by atoms with van der Waals surface area (Å²) in [4.78, 5) is 31.5. The first-order valence-corrected chi connectivity index (χ1v) is 4.28. The number of nitrogens with zero attached hydrogens (tertiary/aromatic N) is 1. The molecule has 0 atom stereocenters. The van der Waals surface area contributed by atoms with E-state index in [0.29, 0.717) is 5.56 Å². The zero-order valence-corrected chi connectivity index (χ0v) is 7.67. The van der Waals surface area contributed by atoms with E-state index in [1.54, 1.807) is 30.3 Å². The first kappa shape index (κ1) is 9.54. The number of hydrogen-bond donors (Lipinski definition) is 0. The van der Waals surface area contributed by atoms with Gasteiger partial charge >= 0.3 is 0 Å². The average molecular weight is 205 g/mol. The average Bonchev–Trinajstić information content (AvgIpc) is 2.30. The molecule has 0 bridgehead atoms. The van der Waals surface area contributed by atoms with E-state index in [-0.39, 0.29) is 12.3 Å². The summed E-state index contributed by atoms with van der Waals surface area (Å²) < 4.78 is 0. The second kappa shape index (κ2) is 4.02. The van der Waals surface area contributed by atoms with Crippen molar-refractivity contribution >= 4 is 17.3 Å². The smallest absolute Gasteiger partial charge is 0.218 e. The van der Waals surface area contributed by atoms with E-state index in [2.05, 4.69) is 15.0 Å². The predicted molar refractivity (Wildman–Crippen MR) is 50.3 cm³/mol. The molecule has 0 saturated heterocycles. The van der Waals surface area contributed by atoms with Crippen molar-refractivity contribution in [1.29, 1.82) is 0 Å². The van der Waals surface area contributed by atoms with Crippen molar-refractivity contribution in [3.05, 3.63) is 35.9 Å². The highest BCUT2D eigenvalue weighted by molar-refractivity contribution is 6.69. The van der Waals surface area contributed by atoms with Gasteiger partial charge in [0.2, 0.25) is 11.6 Å². The van der Waals surface area contributed by atoms with Crippen LogP contribution in [0.2, 0.25) is 0 Å². The van der Waals surface area contributed by atoms with Crippen molar-refractivity contribution in [2.24, 2.45) is 5.16 Å². The standard InChI is InChI=1S/C10H7NO4/c12-8-6-14-15-11-9(8)10(13)7-4-2-1-3-5-7/h1-5H,6H2. The number of carbonyl (C=O) groups excluding carboxylic acids is 2. The lowest BCUT2D eigenvalue weighted by molar-refractivity contribution is -0.293. The molecule has 76 valence electrons. The molecule has 0 unspecified atom stereocenters. The number of rotatable bonds is 2. The minimum Gasteiger partial charge on any atom is -0.289 e. The predicted octanol–water partition coefficient (Wildman–Crippen LogP) is 0.756. The minimum atomic E-state index is -0.477. The van der Waals surface area contributed by atoms with E-state index >= 15 is 0 Å². The Morgan fingerprint density at radius 3 is 2.67 bits per heavy atom. The van der Waals surface area contributed by atoms with Crippen molar-refractivity contribution in [3.8, 4) is 0 Å². The fourth-order valence-corrected chi connectivity index (χ4v) is 1.16. The van der Waals surface area contributed by atoms with Crippen LogP contribution in [0.1, 0.15) is 10.4 Å². The Balaban J connectivity index is 2.29. The quantitative estimate of drug-likeness (QED) is 0.528. The van der Waals surface area contributed by atoms with E-state index in [1.807, 2.05) is 0 Å². The molecule has 2 rings (SSSR count). The van der Waals surface area contributed by atoms with Gasteiger partial charge in [0, 0.05) is 5.56 Å². The Kier molecular flexibility index (Phi) is 2.55. The summed E-state index contributed by atoms with van der Waals surface area (Å²) in [5.41, 5.74) is 0.169. The van der Waals surface area contributed by atoms with Crippen LogP contribution >= 0.6 is 0 Å². The lowest BCUT2D eigenvalue weighted by Crippen LogP contribution is -2.31. The molecule has 0 amide bonds. The third-order valence-electron chi connectivity index (χ3n) is 1.89. The molecule has 1 aliphatic heterocycles. The monoisotopic (exact) mass is 205 g/mol. The minimum absolute atomic E-state index is 0.229. The number of carbonyl (C=O) groups is 2. The summed E-state index contributed by atoms with van der Waals surface area (Å²) >= 11 is 0. The third kappa shape index (κ3) is 1.92. The number of hydrogen-bond acceptors (Lipinski definition) is 5. The van der Waals surface area contributed by atoms with E-state index in [4.69, 9.17) is 0 Å². The fourth-order valence-electron chi connectivity index (χ4n) is 1.16. The molecule has 5 nitrogen and oxygen atoms in total. The molecule has 0 fully saturated rings. The summed E-state index contributed by atoms with van der Waals surface area (Å²) in [6.45, 7) is -0.280. The molecular weight excluding hydrogens is 198 g/mol. The fraction of sp³-hybridized carbons (Fsp3) is 0.100. The molecule has 1 aliphatic rings. The lowest BCUT2D eigenvalue weighted by Gasteiger charge is -2.07. The Hall–Kier alpha value is -2.01. The molecule has 5 heteroatoms. The molecule has 0 saturated carbocycles. The van der Waals surface area contributed by atoms with Gasteiger partial charge in [-0.3, -0.25) is 9.59 Å². The van der Waals surface area contributed by atoms with Crippen molar-refractivity contribution in [2.75, 3.05) is 6.61 Å². The summed E-state index contributed by atoms with van der Waals surface area (Å²) in [6, 6.07) is 8.40. The van der Waals surface area contributed by atoms with Gasteiger partial charge in [0.05, 0.1) is 0 Å². The topological polar surface area (TPSA) is 65.0 Å². The van der Waals surface area contributed by atoms with Crippen molar-refractivity contribution in [3.63, 3.8) is 0 Å². The number of ketones is 2. The highest BCUT2D eigenvalue weighted by Gasteiger charge is 2.26. The van der Waals surface area contributed by atoms with Crippen molar-refractivity contribution in [2.45, 2.75) is 0 Å². The highest BCUT2D eigenvalue weighted by Crippen LogP contribution is 2.05. The van der Waals surface area contributed by atoms with Gasteiger partial charge in [0.25, 0.3) is 0 Å². The summed E-state index contributed by atoms with van der Waals surface area (Å²) in [5.74, 6) is -0.931. The number of oxime groups is 1. The Morgan fingerprint density at radius 1 is 1.27 bits per heavy atom. The molecule has 15 heavy (non-hydrogen) atoms. The van der Waals surface area contributed by atoms with Crippen LogP contribution in [0.15, 0.2) is 35.5 Å². The van der Waals surface area contributed by atoms with E-state index in [9.17, 15) is 9.59 Å². The maximum Gasteiger partial charge on any atom is 0.218 e. The Morgan fingerprint density at radius 2 is 2.00 bits per heavy atom. The second-order valence-corrected chi connectivity index (χ2v) is 2.89. The van der Waals surface area contributed by atoms with Gasteiger partial charge in [-0.2, -0.15) is 4.89 Å². The van der Waals surface area contributed by atoms with Gasteiger partial charge in [0.1, 0.15) is 0 Å². The largest absolute Gasteiger partial charge is 0.289 e. The molecule has 0 aromatic heterocycles. The zero-order chi connectivity index (χ0) is 10.7. The normalized spacial score (nSPS) is 15.5. The maximum atomic E-state index is 11.7. The molecule has 1 heterocycles. The van der Waals surface area contributed by atoms with Crippen molar-refractivity contribution in [1.82, 2.24) is 0 Å². The Labute approximate surface area is 85.2 Å². The Bertz CT molecular complexity index is 424. The lowest BCUT2D eigenvalue weighted by atomic mass is 10.0. The second-order valence-electron chi connectivity index (χ2n) is 2.89. The van der Waals surface area contributed by atoms with Crippen LogP contribution < -0.4 is 0 Å². The van der Waals surface area contributed by atoms with Gasteiger partial charge in [0.15, 0.2) is 12.3 Å². The van der Waals surface area contributed by atoms with Gasteiger partial charge < -0.3 is 0 Å². The molecule has 0 spiro atoms. The molecular formula is C10H7NO4. The van der Waals surface area contributed by atoms with Gasteiger partial charge in [-0.15, -0.1) is 0 Å². The summed E-state index contributed by atoms with van der Waals surface area (Å²) in [6.07, 6.45) is 0. The SMILES string of the molecule is O=C1COON=C1C(=O)c1ccccc1. The third-order valence-corrected chi connectivity index (χ3v) is 1.89. The van der Waals surface area contributed by atoms with Crippen LogP contribution in [0.3, 0.4) is 0 Å². The molecule has 0 radical (unpaired) electrons. The van der Waals surface area contributed by atoms with Crippen LogP contribution in [0, 0.1) is 0 Å². The van der Waals surface area contributed by atoms with Gasteiger partial charge in [-0.1, -0.05) is 30.3 Å². The first-order chi connectivity index (χ1) is 7.29. The van der Waals surface area contributed by atoms with Crippen LogP contribution in [0.4, 0.5) is 0 Å². The zero-order valence-electron chi connectivity index (χ0n) is 7.67. The number of benzene rings is 1. The van der Waals surface area contributed by atoms with Crippen LogP contribution in [-0.2, 0) is 14.7 Å². The number of Topliss-reactive ketones (excluding diaryl/α,β-unsaturated/α-hetero) is 2. The van der Waals surface area contributed by atoms with E-state index in [1.165, 1.54) is 0 Å².